The predicted octanol–water partition coefficient (Wildman–Crippen LogP) is 3.99. The van der Waals surface area contributed by atoms with Crippen molar-refractivity contribution < 1.29 is 0 Å². The van der Waals surface area contributed by atoms with Gasteiger partial charge in [-0.25, -0.2) is 4.98 Å². The summed E-state index contributed by atoms with van der Waals surface area (Å²) < 4.78 is 2.42. The maximum atomic E-state index is 4.93. The number of aromatic nitrogens is 5. The first-order valence-electron chi connectivity index (χ1n) is 11.6. The topological polar surface area (TPSA) is 75.0 Å². The number of para-hydroxylation sites is 1. The van der Waals surface area contributed by atoms with E-state index in [-0.39, 0.29) is 0 Å². The molecule has 0 spiro atoms. The number of nitrogens with zero attached hydrogens (tertiary/aromatic N) is 7. The predicted molar refractivity (Wildman–Crippen MR) is 128 cm³/mol. The molecule has 1 N–H and O–H groups in total. The van der Waals surface area contributed by atoms with Gasteiger partial charge in [0.15, 0.2) is 11.6 Å². The molecule has 0 atom stereocenters. The molecule has 4 aromatic rings. The van der Waals surface area contributed by atoms with E-state index in [1.807, 2.05) is 18.3 Å². The third-order valence-corrected chi connectivity index (χ3v) is 6.86. The molecule has 3 aromatic heterocycles. The van der Waals surface area contributed by atoms with Gasteiger partial charge in [0.05, 0.1) is 5.52 Å². The van der Waals surface area contributed by atoms with Crippen LogP contribution in [0.5, 0.6) is 0 Å². The Kier molecular flexibility index (Phi) is 4.87. The van der Waals surface area contributed by atoms with Crippen LogP contribution in [0.2, 0.25) is 0 Å². The number of anilines is 3. The number of hydrogen-bond donors (Lipinski definition) is 1. The molecule has 32 heavy (non-hydrogen) atoms. The van der Waals surface area contributed by atoms with Crippen molar-refractivity contribution in [2.45, 2.75) is 31.7 Å². The lowest BCUT2D eigenvalue weighted by molar-refractivity contribution is 0.312. The highest BCUT2D eigenvalue weighted by Crippen LogP contribution is 2.37. The summed E-state index contributed by atoms with van der Waals surface area (Å²) in [5.74, 6) is 2.13. The lowest BCUT2D eigenvalue weighted by Gasteiger charge is -2.32. The van der Waals surface area contributed by atoms with Crippen molar-refractivity contribution in [3.63, 3.8) is 0 Å². The molecule has 2 fully saturated rings. The number of rotatable bonds is 4. The van der Waals surface area contributed by atoms with Crippen LogP contribution in [0.15, 0.2) is 42.6 Å². The first-order chi connectivity index (χ1) is 15.8. The van der Waals surface area contributed by atoms with Crippen molar-refractivity contribution in [3.8, 4) is 0 Å². The second kappa shape index (κ2) is 8.02. The van der Waals surface area contributed by atoms with Crippen LogP contribution in [0.3, 0.4) is 0 Å². The monoisotopic (exact) mass is 428 g/mol. The van der Waals surface area contributed by atoms with Crippen molar-refractivity contribution in [1.29, 1.82) is 0 Å². The maximum Gasteiger partial charge on any atom is 0.230 e. The Hall–Kier alpha value is -3.26. The highest BCUT2D eigenvalue weighted by molar-refractivity contribution is 6.06. The second-order valence-corrected chi connectivity index (χ2v) is 8.95. The van der Waals surface area contributed by atoms with E-state index >= 15 is 0 Å². The standard InChI is InChI=1S/C24H28N8/c1-30-12-14-31(15-13-30)22-11-10-21(28-29-22)26-24-25-16-19-18-8-4-5-9-20(18)32(23(19)27-24)17-6-2-3-7-17/h4-5,8-11,16-17H,2-3,6-7,12-15H2,1H3,(H,25,26,27,28). The highest BCUT2D eigenvalue weighted by Gasteiger charge is 2.23. The molecule has 0 unspecified atom stereocenters. The Morgan fingerprint density at radius 1 is 0.906 bits per heavy atom. The van der Waals surface area contributed by atoms with Crippen LogP contribution >= 0.6 is 0 Å². The molecular formula is C24H28N8. The van der Waals surface area contributed by atoms with Crippen molar-refractivity contribution in [3.05, 3.63) is 42.6 Å². The van der Waals surface area contributed by atoms with E-state index < -0.39 is 0 Å². The van der Waals surface area contributed by atoms with Gasteiger partial charge in [0.2, 0.25) is 5.95 Å². The maximum absolute atomic E-state index is 4.93. The van der Waals surface area contributed by atoms with E-state index in [1.165, 1.54) is 36.6 Å². The van der Waals surface area contributed by atoms with Gasteiger partial charge in [-0.3, -0.25) is 0 Å². The number of likely N-dealkylation sites (N-methyl/N-ethyl adjacent to an activating group) is 1. The lowest BCUT2D eigenvalue weighted by atomic mass is 10.2. The molecule has 0 bridgehead atoms. The summed E-state index contributed by atoms with van der Waals surface area (Å²) in [5, 5.41) is 14.4. The molecule has 6 rings (SSSR count). The minimum atomic E-state index is 0.503. The third-order valence-electron chi connectivity index (χ3n) is 6.86. The van der Waals surface area contributed by atoms with E-state index in [0.29, 0.717) is 17.8 Å². The smallest absolute Gasteiger partial charge is 0.230 e. The molecule has 1 saturated heterocycles. The van der Waals surface area contributed by atoms with E-state index in [9.17, 15) is 0 Å². The molecule has 1 aliphatic carbocycles. The largest absolute Gasteiger partial charge is 0.353 e. The van der Waals surface area contributed by atoms with Crippen LogP contribution in [-0.2, 0) is 0 Å². The number of nitrogens with one attached hydrogen (secondary N) is 1. The van der Waals surface area contributed by atoms with Gasteiger partial charge in [0, 0.05) is 49.2 Å². The summed E-state index contributed by atoms with van der Waals surface area (Å²) in [5.41, 5.74) is 2.25. The number of fused-ring (bicyclic) bond motifs is 3. The lowest BCUT2D eigenvalue weighted by Crippen LogP contribution is -2.44. The molecule has 0 amide bonds. The van der Waals surface area contributed by atoms with Crippen LogP contribution in [0.25, 0.3) is 21.9 Å². The molecule has 164 valence electrons. The zero-order valence-corrected chi connectivity index (χ0v) is 18.4. The molecular weight excluding hydrogens is 400 g/mol. The summed E-state index contributed by atoms with van der Waals surface area (Å²) in [6.45, 7) is 4.04. The minimum absolute atomic E-state index is 0.503. The third kappa shape index (κ3) is 3.44. The van der Waals surface area contributed by atoms with Crippen LogP contribution in [0.4, 0.5) is 17.6 Å². The SMILES string of the molecule is CN1CCN(c2ccc(Nc3ncc4c5ccccc5n(C5CCCC5)c4n3)nn2)CC1. The molecule has 0 radical (unpaired) electrons. The van der Waals surface area contributed by atoms with Gasteiger partial charge in [-0.05, 0) is 38.1 Å². The highest BCUT2D eigenvalue weighted by atomic mass is 15.3. The quantitative estimate of drug-likeness (QED) is 0.527. The van der Waals surface area contributed by atoms with Gasteiger partial charge in [0.25, 0.3) is 0 Å². The van der Waals surface area contributed by atoms with Gasteiger partial charge in [-0.2, -0.15) is 4.98 Å². The molecule has 1 aliphatic heterocycles. The normalized spacial score (nSPS) is 18.1. The number of piperazine rings is 1. The Morgan fingerprint density at radius 3 is 2.50 bits per heavy atom. The van der Waals surface area contributed by atoms with E-state index in [4.69, 9.17) is 4.98 Å². The summed E-state index contributed by atoms with van der Waals surface area (Å²) in [6.07, 6.45) is 6.91. The van der Waals surface area contributed by atoms with Crippen molar-refractivity contribution in [1.82, 2.24) is 29.6 Å². The summed E-state index contributed by atoms with van der Waals surface area (Å²) >= 11 is 0. The van der Waals surface area contributed by atoms with Crippen molar-refractivity contribution in [2.75, 3.05) is 43.4 Å². The van der Waals surface area contributed by atoms with Gasteiger partial charge < -0.3 is 19.7 Å². The van der Waals surface area contributed by atoms with Gasteiger partial charge in [0.1, 0.15) is 5.65 Å². The minimum Gasteiger partial charge on any atom is -0.353 e. The summed E-state index contributed by atoms with van der Waals surface area (Å²) in [7, 11) is 2.15. The Balaban J connectivity index is 1.30. The van der Waals surface area contributed by atoms with Gasteiger partial charge in [-0.1, -0.05) is 31.0 Å². The fourth-order valence-corrected chi connectivity index (χ4v) is 5.07. The molecule has 2 aliphatic rings. The molecule has 8 nitrogen and oxygen atoms in total. The first-order valence-corrected chi connectivity index (χ1v) is 11.6. The fraction of sp³-hybridized carbons (Fsp3) is 0.417. The van der Waals surface area contributed by atoms with Crippen LogP contribution in [0, 0.1) is 0 Å². The Bertz CT molecular complexity index is 1230. The van der Waals surface area contributed by atoms with E-state index in [0.717, 1.165) is 43.0 Å². The molecule has 8 heteroatoms. The van der Waals surface area contributed by atoms with E-state index in [2.05, 4.69) is 66.2 Å². The summed E-state index contributed by atoms with van der Waals surface area (Å²) in [6, 6.07) is 13.0. The van der Waals surface area contributed by atoms with Crippen LogP contribution < -0.4 is 10.2 Å². The second-order valence-electron chi connectivity index (χ2n) is 8.95. The average Bonchev–Trinajstić information content (AvgIpc) is 3.46. The number of benzene rings is 1. The molecule has 4 heterocycles. The fourth-order valence-electron chi connectivity index (χ4n) is 5.07. The van der Waals surface area contributed by atoms with Gasteiger partial charge >= 0.3 is 0 Å². The van der Waals surface area contributed by atoms with Crippen molar-refractivity contribution in [2.24, 2.45) is 0 Å². The molecule has 1 aromatic carbocycles. The van der Waals surface area contributed by atoms with Crippen molar-refractivity contribution >= 4 is 39.5 Å². The summed E-state index contributed by atoms with van der Waals surface area (Å²) in [4.78, 5) is 14.1. The molecule has 1 saturated carbocycles. The average molecular weight is 429 g/mol. The number of hydrogen-bond acceptors (Lipinski definition) is 7. The van der Waals surface area contributed by atoms with Crippen LogP contribution in [-0.4, -0.2) is 62.9 Å². The Labute approximate surface area is 187 Å². The van der Waals surface area contributed by atoms with Crippen LogP contribution in [0.1, 0.15) is 31.7 Å². The first kappa shape index (κ1) is 19.4. The van der Waals surface area contributed by atoms with E-state index in [1.54, 1.807) is 0 Å². The zero-order valence-electron chi connectivity index (χ0n) is 18.4. The van der Waals surface area contributed by atoms with Gasteiger partial charge in [-0.15, -0.1) is 10.2 Å². The Morgan fingerprint density at radius 2 is 1.72 bits per heavy atom. The zero-order chi connectivity index (χ0) is 21.5.